The lowest BCUT2D eigenvalue weighted by Crippen LogP contribution is -2.27. The number of ketones is 2. The Morgan fingerprint density at radius 2 is 1.11 bits per heavy atom. The van der Waals surface area contributed by atoms with E-state index >= 15 is 0 Å². The van der Waals surface area contributed by atoms with E-state index in [1.54, 1.807) is 0 Å². The van der Waals surface area contributed by atoms with Crippen LogP contribution in [0.1, 0.15) is 66.9 Å². The second-order valence-electron chi connectivity index (χ2n) is 7.87. The number of carbonyl (C=O) groups is 2. The Kier molecular flexibility index (Phi) is 7.43. The molecule has 0 radical (unpaired) electrons. The zero-order chi connectivity index (χ0) is 21.0. The highest BCUT2D eigenvalue weighted by Crippen LogP contribution is 2.28. The largest absolute Gasteiger partial charge is 0.324 e. The molecule has 2 aromatic carbocycles. The number of hydrogen-bond donors (Lipinski definition) is 0. The molecule has 2 rings (SSSR count). The van der Waals surface area contributed by atoms with Crippen LogP contribution in [-0.2, 0) is 4.57 Å². The number of aryl methyl sites for hydroxylation is 6. The summed E-state index contributed by atoms with van der Waals surface area (Å²) in [6, 6.07) is 7.96. The molecule has 0 aliphatic heterocycles. The fraction of sp³-hybridized carbons (Fsp3) is 0.417. The van der Waals surface area contributed by atoms with Gasteiger partial charge in [0.1, 0.15) is 6.16 Å². The van der Waals surface area contributed by atoms with Gasteiger partial charge in [-0.25, -0.2) is 0 Å². The molecule has 1 unspecified atom stereocenters. The van der Waals surface area contributed by atoms with Gasteiger partial charge in [0.05, 0.1) is 5.92 Å². The Bertz CT molecular complexity index is 812. The highest BCUT2D eigenvalue weighted by Gasteiger charge is 2.31. The van der Waals surface area contributed by atoms with E-state index in [1.807, 2.05) is 65.8 Å². The summed E-state index contributed by atoms with van der Waals surface area (Å²) in [4.78, 5) is 27.0. The first-order valence-corrected chi connectivity index (χ1v) is 10.9. The smallest absolute Gasteiger partial charge is 0.293 e. The zero-order valence-corrected chi connectivity index (χ0v) is 18.7. The summed E-state index contributed by atoms with van der Waals surface area (Å²) in [5.74, 6) is -0.973. The van der Waals surface area contributed by atoms with Gasteiger partial charge in [0.25, 0.3) is 0 Å². The molecule has 28 heavy (non-hydrogen) atoms. The number of rotatable bonds is 8. The number of hydrogen-bond acceptors (Lipinski definition) is 3. The van der Waals surface area contributed by atoms with Gasteiger partial charge in [-0.15, -0.1) is 0 Å². The summed E-state index contributed by atoms with van der Waals surface area (Å²) in [5, 5.41) is 0. The molecule has 0 spiro atoms. The molecule has 0 fully saturated rings. The van der Waals surface area contributed by atoms with Crippen LogP contribution in [-0.4, -0.2) is 17.7 Å². The minimum atomic E-state index is -0.739. The molecule has 0 saturated carbocycles. The van der Waals surface area contributed by atoms with Gasteiger partial charge >= 0.3 is 8.46 Å². The molecule has 0 amide bonds. The topological polar surface area (TPSA) is 51.2 Å². The quantitative estimate of drug-likeness (QED) is 0.237. The van der Waals surface area contributed by atoms with Crippen molar-refractivity contribution in [1.82, 2.24) is 0 Å². The van der Waals surface area contributed by atoms with Crippen LogP contribution in [0.15, 0.2) is 24.3 Å². The van der Waals surface area contributed by atoms with Crippen molar-refractivity contribution in [3.8, 4) is 0 Å². The van der Waals surface area contributed by atoms with E-state index in [4.69, 9.17) is 0 Å². The monoisotopic (exact) mass is 397 g/mol. The Morgan fingerprint density at radius 1 is 0.750 bits per heavy atom. The lowest BCUT2D eigenvalue weighted by Gasteiger charge is -2.20. The van der Waals surface area contributed by atoms with Crippen LogP contribution < -0.4 is 0 Å². The summed E-state index contributed by atoms with van der Waals surface area (Å²) in [6.07, 6.45) is 1.53. The van der Waals surface area contributed by atoms with Crippen molar-refractivity contribution in [1.29, 1.82) is 0 Å². The minimum Gasteiger partial charge on any atom is -0.293 e. The van der Waals surface area contributed by atoms with Gasteiger partial charge in [-0.3, -0.25) is 9.59 Å². The van der Waals surface area contributed by atoms with E-state index in [-0.39, 0.29) is 11.6 Å². The summed E-state index contributed by atoms with van der Waals surface area (Å²) in [6.45, 7) is 11.7. The van der Waals surface area contributed by atoms with Gasteiger partial charge in [-0.1, -0.05) is 40.0 Å². The van der Waals surface area contributed by atoms with Crippen molar-refractivity contribution in [2.24, 2.45) is 5.92 Å². The Hall–Kier alpha value is -2.12. The van der Waals surface area contributed by atoms with Crippen molar-refractivity contribution in [2.45, 2.75) is 54.4 Å². The molecular weight excluding hydrogens is 367 g/mol. The average molecular weight is 397 g/mol. The molecule has 2 aromatic rings. The highest BCUT2D eigenvalue weighted by atomic mass is 31.1. The van der Waals surface area contributed by atoms with Crippen molar-refractivity contribution >= 4 is 20.0 Å². The minimum absolute atomic E-state index is 0.117. The molecule has 1 atom stereocenters. The molecule has 148 valence electrons. The van der Waals surface area contributed by atoms with E-state index in [0.29, 0.717) is 30.1 Å². The standard InChI is InChI=1S/C24H29O3P/c1-14-10-16(3)21(17(4)11-14)23(25)20(8-7-9-28-27)24(26)22-18(5)12-15(2)13-19(22)6/h10-13,20H,7-9H2,1-6H3/p+1. The van der Waals surface area contributed by atoms with Gasteiger partial charge in [-0.2, -0.15) is 0 Å². The third-order valence-electron chi connectivity index (χ3n) is 5.25. The molecule has 0 heterocycles. The van der Waals surface area contributed by atoms with Crippen molar-refractivity contribution in [3.05, 3.63) is 68.8 Å². The van der Waals surface area contributed by atoms with E-state index in [2.05, 4.69) is 0 Å². The van der Waals surface area contributed by atoms with Crippen LogP contribution in [0.3, 0.4) is 0 Å². The van der Waals surface area contributed by atoms with E-state index < -0.39 is 14.4 Å². The van der Waals surface area contributed by atoms with Crippen LogP contribution in [0.4, 0.5) is 0 Å². The lowest BCUT2D eigenvalue weighted by atomic mass is 9.81. The van der Waals surface area contributed by atoms with Gasteiger partial charge < -0.3 is 0 Å². The van der Waals surface area contributed by atoms with Crippen LogP contribution in [0.2, 0.25) is 0 Å². The Morgan fingerprint density at radius 3 is 1.43 bits per heavy atom. The summed E-state index contributed by atoms with van der Waals surface area (Å²) >= 11 is 0. The lowest BCUT2D eigenvalue weighted by molar-refractivity contribution is 0.0797. The average Bonchev–Trinajstić information content (AvgIpc) is 2.56. The maximum Gasteiger partial charge on any atom is 0.324 e. The predicted molar refractivity (Wildman–Crippen MR) is 117 cm³/mol. The van der Waals surface area contributed by atoms with Gasteiger partial charge in [-0.05, 0) is 76.6 Å². The third kappa shape index (κ3) is 4.83. The molecule has 0 bridgehead atoms. The van der Waals surface area contributed by atoms with Crippen LogP contribution in [0.25, 0.3) is 0 Å². The molecule has 0 saturated heterocycles. The highest BCUT2D eigenvalue weighted by molar-refractivity contribution is 7.23. The van der Waals surface area contributed by atoms with E-state index in [9.17, 15) is 14.2 Å². The SMILES string of the molecule is Cc1cc(C)c(C(=O)C(CCC[PH+]=O)C(=O)c2c(C)cc(C)cc2C)c(C)c1. The van der Waals surface area contributed by atoms with Crippen molar-refractivity contribution < 1.29 is 14.2 Å². The molecule has 4 heteroatoms. The first kappa shape index (κ1) is 22.2. The van der Waals surface area contributed by atoms with Crippen molar-refractivity contribution in [3.63, 3.8) is 0 Å². The Labute approximate surface area is 169 Å². The van der Waals surface area contributed by atoms with Gasteiger partial charge in [0.15, 0.2) is 11.6 Å². The van der Waals surface area contributed by atoms with Gasteiger partial charge in [0.2, 0.25) is 0 Å². The summed E-state index contributed by atoms with van der Waals surface area (Å²) in [5.41, 5.74) is 7.13. The second kappa shape index (κ2) is 9.39. The summed E-state index contributed by atoms with van der Waals surface area (Å²) in [7, 11) is -0.408. The van der Waals surface area contributed by atoms with E-state index in [0.717, 1.165) is 33.4 Å². The molecular formula is C24H30O3P+. The van der Waals surface area contributed by atoms with Gasteiger partial charge in [0, 0.05) is 11.1 Å². The first-order valence-electron chi connectivity index (χ1n) is 9.76. The Balaban J connectivity index is 2.52. The first-order chi connectivity index (χ1) is 13.2. The molecule has 3 nitrogen and oxygen atoms in total. The van der Waals surface area contributed by atoms with E-state index in [1.165, 1.54) is 0 Å². The molecule has 0 aliphatic rings. The zero-order valence-electron chi connectivity index (χ0n) is 17.7. The van der Waals surface area contributed by atoms with Crippen LogP contribution >= 0.6 is 8.46 Å². The van der Waals surface area contributed by atoms with Crippen LogP contribution in [0, 0.1) is 47.5 Å². The van der Waals surface area contributed by atoms with Crippen molar-refractivity contribution in [2.75, 3.05) is 6.16 Å². The third-order valence-corrected chi connectivity index (χ3v) is 5.81. The molecule has 0 aliphatic carbocycles. The maximum atomic E-state index is 13.5. The maximum absolute atomic E-state index is 13.5. The summed E-state index contributed by atoms with van der Waals surface area (Å²) < 4.78 is 10.9. The second-order valence-corrected chi connectivity index (χ2v) is 8.65. The fourth-order valence-electron chi connectivity index (χ4n) is 4.25. The number of benzene rings is 2. The molecule has 0 N–H and O–H groups in total. The molecule has 0 aromatic heterocycles. The predicted octanol–water partition coefficient (Wildman–Crippen LogP) is 6.02. The number of Topliss-reactive ketones (excluding diaryl/α,β-unsaturated/α-hetero) is 2. The normalized spacial score (nSPS) is 11.2. The van der Waals surface area contributed by atoms with Crippen LogP contribution in [0.5, 0.6) is 0 Å². The number of carbonyl (C=O) groups excluding carboxylic acids is 2. The fourth-order valence-corrected chi connectivity index (χ4v) is 4.59.